The van der Waals surface area contributed by atoms with E-state index in [2.05, 4.69) is 28.9 Å². The van der Waals surface area contributed by atoms with E-state index in [1.54, 1.807) is 11.3 Å². The summed E-state index contributed by atoms with van der Waals surface area (Å²) in [5.41, 5.74) is 4.23. The molecule has 0 fully saturated rings. The van der Waals surface area contributed by atoms with Crippen molar-refractivity contribution in [2.24, 2.45) is 0 Å². The molecule has 2 aromatic carbocycles. The lowest BCUT2D eigenvalue weighted by Gasteiger charge is -2.38. The van der Waals surface area contributed by atoms with Crippen molar-refractivity contribution in [3.63, 3.8) is 0 Å². The molecule has 0 aliphatic carbocycles. The average Bonchev–Trinajstić information content (AvgIpc) is 3.47. The third kappa shape index (κ3) is 3.07. The Balaban J connectivity index is 1.62. The first-order valence-electron chi connectivity index (χ1n) is 9.79. The number of hydrogen-bond donors (Lipinski definition) is 1. The molecule has 2 aliphatic heterocycles. The molecular formula is C23H17ClN4OS2. The Bertz CT molecular complexity index is 1300. The number of hydrogen-bond acceptors (Lipinski definition) is 6. The fourth-order valence-electron chi connectivity index (χ4n) is 4.18. The molecule has 31 heavy (non-hydrogen) atoms. The Labute approximate surface area is 192 Å². The second kappa shape index (κ2) is 7.44. The first-order valence-corrected chi connectivity index (χ1v) is 12.3. The summed E-state index contributed by atoms with van der Waals surface area (Å²) in [5.74, 6) is 1.59. The number of rotatable bonds is 3. The Hall–Kier alpha value is -2.74. The van der Waals surface area contributed by atoms with Crippen LogP contribution in [0.15, 0.2) is 76.8 Å². The number of nitrogens with one attached hydrogen (secondary N) is 1. The van der Waals surface area contributed by atoms with Gasteiger partial charge in [0.1, 0.15) is 17.9 Å². The highest BCUT2D eigenvalue weighted by Crippen LogP contribution is 2.51. The number of ether oxygens (including phenoxy) is 1. The quantitative estimate of drug-likeness (QED) is 0.362. The lowest BCUT2D eigenvalue weighted by Crippen LogP contribution is -2.32. The second-order valence-electron chi connectivity index (χ2n) is 7.29. The van der Waals surface area contributed by atoms with Crippen LogP contribution in [-0.2, 0) is 0 Å². The van der Waals surface area contributed by atoms with E-state index in [0.29, 0.717) is 5.02 Å². The van der Waals surface area contributed by atoms with Gasteiger partial charge in [-0.15, -0.1) is 16.4 Å². The summed E-state index contributed by atoms with van der Waals surface area (Å²) in [6.45, 7) is 0. The van der Waals surface area contributed by atoms with Gasteiger partial charge in [-0.25, -0.2) is 4.68 Å². The predicted octanol–water partition coefficient (Wildman–Crippen LogP) is 6.27. The van der Waals surface area contributed by atoms with Gasteiger partial charge in [-0.1, -0.05) is 53.7 Å². The van der Waals surface area contributed by atoms with Crippen molar-refractivity contribution in [1.29, 1.82) is 0 Å². The van der Waals surface area contributed by atoms with Crippen LogP contribution >= 0.6 is 34.7 Å². The van der Waals surface area contributed by atoms with Gasteiger partial charge in [0.15, 0.2) is 0 Å². The van der Waals surface area contributed by atoms with Crippen molar-refractivity contribution in [3.05, 3.63) is 92.6 Å². The number of para-hydroxylation sites is 1. The van der Waals surface area contributed by atoms with Gasteiger partial charge in [0.2, 0.25) is 11.1 Å². The largest absolute Gasteiger partial charge is 0.480 e. The van der Waals surface area contributed by atoms with Crippen LogP contribution in [0.3, 0.4) is 0 Å². The van der Waals surface area contributed by atoms with E-state index in [0.717, 1.165) is 39.3 Å². The Morgan fingerprint density at radius 1 is 1.10 bits per heavy atom. The summed E-state index contributed by atoms with van der Waals surface area (Å²) in [7, 11) is 0. The van der Waals surface area contributed by atoms with E-state index >= 15 is 0 Å². The molecule has 6 rings (SSSR count). The Morgan fingerprint density at radius 2 is 1.94 bits per heavy atom. The Morgan fingerprint density at radius 3 is 2.71 bits per heavy atom. The van der Waals surface area contributed by atoms with Crippen LogP contribution < -0.4 is 10.1 Å². The summed E-state index contributed by atoms with van der Waals surface area (Å²) in [6.07, 6.45) is 1.71. The van der Waals surface area contributed by atoms with Crippen LogP contribution in [-0.4, -0.2) is 21.0 Å². The van der Waals surface area contributed by atoms with Gasteiger partial charge >= 0.3 is 0 Å². The molecule has 2 aromatic heterocycles. The summed E-state index contributed by atoms with van der Waals surface area (Å²) < 4.78 is 8.58. The van der Waals surface area contributed by atoms with Gasteiger partial charge in [-0.3, -0.25) is 0 Å². The number of fused-ring (bicyclic) bond motifs is 3. The van der Waals surface area contributed by atoms with E-state index in [-0.39, 0.29) is 12.1 Å². The van der Waals surface area contributed by atoms with E-state index in [1.807, 2.05) is 53.4 Å². The van der Waals surface area contributed by atoms with Crippen molar-refractivity contribution < 1.29 is 4.74 Å². The summed E-state index contributed by atoms with van der Waals surface area (Å²) in [5, 5.41) is 11.9. The molecule has 2 aliphatic rings. The van der Waals surface area contributed by atoms with Gasteiger partial charge in [-0.2, -0.15) is 4.98 Å². The van der Waals surface area contributed by atoms with Gasteiger partial charge < -0.3 is 10.1 Å². The third-order valence-corrected chi connectivity index (χ3v) is 7.24. The highest BCUT2D eigenvalue weighted by Gasteiger charge is 2.41. The maximum atomic E-state index is 6.60. The zero-order valence-electron chi connectivity index (χ0n) is 16.4. The number of benzene rings is 2. The van der Waals surface area contributed by atoms with Crippen LogP contribution in [0.25, 0.3) is 5.70 Å². The lowest BCUT2D eigenvalue weighted by atomic mass is 9.87. The van der Waals surface area contributed by atoms with Crippen LogP contribution in [0.5, 0.6) is 5.75 Å². The minimum Gasteiger partial charge on any atom is -0.480 e. The lowest BCUT2D eigenvalue weighted by molar-refractivity contribution is 0.223. The Kier molecular flexibility index (Phi) is 4.56. The fraction of sp³-hybridized carbons (Fsp3) is 0.130. The van der Waals surface area contributed by atoms with Crippen LogP contribution in [0.4, 0.5) is 5.95 Å². The molecule has 0 spiro atoms. The first-order chi connectivity index (χ1) is 15.2. The van der Waals surface area contributed by atoms with Crippen molar-refractivity contribution in [2.75, 3.05) is 11.6 Å². The maximum absolute atomic E-state index is 6.60. The number of thiophene rings is 1. The highest BCUT2D eigenvalue weighted by molar-refractivity contribution is 7.98. The molecular weight excluding hydrogens is 448 g/mol. The van der Waals surface area contributed by atoms with Crippen molar-refractivity contribution >= 4 is 46.3 Å². The van der Waals surface area contributed by atoms with Crippen LogP contribution in [0.2, 0.25) is 5.02 Å². The summed E-state index contributed by atoms with van der Waals surface area (Å²) in [4.78, 5) is 5.91. The smallest absolute Gasteiger partial charge is 0.227 e. The topological polar surface area (TPSA) is 52.0 Å². The molecule has 0 bridgehead atoms. The minimum atomic E-state index is -0.281. The van der Waals surface area contributed by atoms with Gasteiger partial charge in [-0.05, 0) is 47.5 Å². The number of nitrogens with zero attached hydrogens (tertiary/aromatic N) is 3. The van der Waals surface area contributed by atoms with E-state index < -0.39 is 0 Å². The number of thioether (sulfide) groups is 1. The fourth-order valence-corrected chi connectivity index (χ4v) is 5.48. The number of halogens is 1. The molecule has 8 heteroatoms. The molecule has 0 unspecified atom stereocenters. The van der Waals surface area contributed by atoms with Crippen LogP contribution in [0, 0.1) is 0 Å². The van der Waals surface area contributed by atoms with Crippen LogP contribution in [0.1, 0.15) is 28.1 Å². The van der Waals surface area contributed by atoms with E-state index in [4.69, 9.17) is 26.4 Å². The van der Waals surface area contributed by atoms with Gasteiger partial charge in [0.05, 0.1) is 5.70 Å². The van der Waals surface area contributed by atoms with E-state index in [9.17, 15) is 0 Å². The number of aromatic nitrogens is 3. The zero-order valence-corrected chi connectivity index (χ0v) is 18.8. The third-order valence-electron chi connectivity index (χ3n) is 5.53. The number of anilines is 1. The van der Waals surface area contributed by atoms with Crippen molar-refractivity contribution in [1.82, 2.24) is 14.8 Å². The SMILES string of the molecule is CSc1nc2n(n1)[C@@H](c1cccs1)C1=C(N2)c2ccccc2O[C@@H]1c1ccc(Cl)cc1. The molecule has 5 nitrogen and oxygen atoms in total. The molecule has 154 valence electrons. The maximum Gasteiger partial charge on any atom is 0.227 e. The molecule has 0 saturated carbocycles. The van der Waals surface area contributed by atoms with Crippen molar-refractivity contribution in [2.45, 2.75) is 17.3 Å². The van der Waals surface area contributed by atoms with Crippen molar-refractivity contribution in [3.8, 4) is 5.75 Å². The molecule has 4 heterocycles. The molecule has 1 N–H and O–H groups in total. The van der Waals surface area contributed by atoms with Gasteiger partial charge in [0.25, 0.3) is 0 Å². The molecule has 0 amide bonds. The van der Waals surface area contributed by atoms with Gasteiger partial charge in [0, 0.05) is 21.0 Å². The summed E-state index contributed by atoms with van der Waals surface area (Å²) in [6, 6.07) is 20.1. The monoisotopic (exact) mass is 464 g/mol. The standard InChI is InChI=1S/C23H17ClN4OS2/c1-30-23-26-22-25-19-15-5-2-3-6-16(15)29-21(13-8-10-14(24)11-9-13)18(19)20(28(22)27-23)17-7-4-12-31-17/h2-12,20-21H,1H3,(H,25,26,27)/t20-,21+/m0/s1. The normalized spacial score (nSPS) is 19.2. The average molecular weight is 465 g/mol. The second-order valence-corrected chi connectivity index (χ2v) is 9.47. The zero-order chi connectivity index (χ0) is 20.9. The van der Waals surface area contributed by atoms with E-state index in [1.165, 1.54) is 16.6 Å². The first kappa shape index (κ1) is 19.0. The molecule has 2 atom stereocenters. The minimum absolute atomic E-state index is 0.117. The molecule has 0 saturated heterocycles. The molecule has 0 radical (unpaired) electrons. The predicted molar refractivity (Wildman–Crippen MR) is 126 cm³/mol. The highest BCUT2D eigenvalue weighted by atomic mass is 35.5. The summed E-state index contributed by atoms with van der Waals surface area (Å²) >= 11 is 9.42. The molecule has 4 aromatic rings.